The summed E-state index contributed by atoms with van der Waals surface area (Å²) in [6.07, 6.45) is 4.24. The Kier molecular flexibility index (Phi) is 4.18. The molecule has 3 heterocycles. The number of carbonyl (C=O) groups excluding carboxylic acids is 1. The predicted molar refractivity (Wildman–Crippen MR) is 105 cm³/mol. The number of para-hydroxylation sites is 1. The summed E-state index contributed by atoms with van der Waals surface area (Å²) in [4.78, 5) is 12.5. The van der Waals surface area contributed by atoms with Crippen molar-refractivity contribution in [3.63, 3.8) is 0 Å². The average Bonchev–Trinajstić information content (AvgIpc) is 3.15. The van der Waals surface area contributed by atoms with Gasteiger partial charge in [0.25, 0.3) is 0 Å². The number of benzene rings is 1. The first-order valence-electron chi connectivity index (χ1n) is 9.09. The van der Waals surface area contributed by atoms with Crippen LogP contribution < -0.4 is 5.32 Å². The third-order valence-corrected chi connectivity index (χ3v) is 5.12. The number of amides is 1. The van der Waals surface area contributed by atoms with Crippen molar-refractivity contribution in [1.29, 1.82) is 0 Å². The Hall–Kier alpha value is -3.15. The summed E-state index contributed by atoms with van der Waals surface area (Å²) in [5.41, 5.74) is 6.08. The van der Waals surface area contributed by atoms with Gasteiger partial charge in [0, 0.05) is 29.7 Å². The van der Waals surface area contributed by atoms with Gasteiger partial charge in [0.05, 0.1) is 23.6 Å². The van der Waals surface area contributed by atoms with Crippen LogP contribution in [0, 0.1) is 20.8 Å². The smallest absolute Gasteiger partial charge is 0.226 e. The lowest BCUT2D eigenvalue weighted by atomic mass is 9.86. The number of anilines is 1. The molecule has 0 saturated carbocycles. The van der Waals surface area contributed by atoms with Crippen LogP contribution in [-0.4, -0.2) is 25.5 Å². The second kappa shape index (κ2) is 6.54. The maximum atomic E-state index is 12.5. The molecule has 0 bridgehead atoms. The van der Waals surface area contributed by atoms with Crippen LogP contribution in [0.25, 0.3) is 5.69 Å². The second-order valence-corrected chi connectivity index (χ2v) is 7.03. The Bertz CT molecular complexity index is 1040. The van der Waals surface area contributed by atoms with E-state index in [1.165, 1.54) is 0 Å². The van der Waals surface area contributed by atoms with E-state index < -0.39 is 0 Å². The van der Waals surface area contributed by atoms with E-state index in [4.69, 9.17) is 5.10 Å². The molecule has 1 unspecified atom stereocenters. The van der Waals surface area contributed by atoms with Crippen LogP contribution in [0.4, 0.5) is 5.82 Å². The Labute approximate surface area is 158 Å². The van der Waals surface area contributed by atoms with Crippen LogP contribution in [0.5, 0.6) is 0 Å². The third-order valence-electron chi connectivity index (χ3n) is 5.12. The molecule has 0 fully saturated rings. The first kappa shape index (κ1) is 17.3. The van der Waals surface area contributed by atoms with Gasteiger partial charge < -0.3 is 5.32 Å². The average molecular weight is 361 g/mol. The monoisotopic (exact) mass is 361 g/mol. The molecule has 4 rings (SSSR count). The minimum atomic E-state index is -0.0508. The van der Waals surface area contributed by atoms with Crippen LogP contribution in [-0.2, 0) is 11.3 Å². The van der Waals surface area contributed by atoms with E-state index in [-0.39, 0.29) is 11.8 Å². The fourth-order valence-corrected chi connectivity index (χ4v) is 3.89. The molecule has 0 aliphatic carbocycles. The number of fused-ring (bicyclic) bond motifs is 1. The van der Waals surface area contributed by atoms with Gasteiger partial charge >= 0.3 is 0 Å². The number of allylic oxidation sites excluding steroid dienone is 1. The molecule has 6 heteroatoms. The van der Waals surface area contributed by atoms with Crippen molar-refractivity contribution in [1.82, 2.24) is 19.6 Å². The molecule has 0 radical (unpaired) electrons. The minimum Gasteiger partial charge on any atom is -0.310 e. The molecule has 1 aromatic carbocycles. The Morgan fingerprint density at radius 2 is 2.00 bits per heavy atom. The van der Waals surface area contributed by atoms with Crippen LogP contribution in [0.15, 0.2) is 43.1 Å². The molecule has 6 nitrogen and oxygen atoms in total. The lowest BCUT2D eigenvalue weighted by molar-refractivity contribution is -0.116. The predicted octanol–water partition coefficient (Wildman–Crippen LogP) is 3.65. The molecule has 138 valence electrons. The van der Waals surface area contributed by atoms with E-state index in [9.17, 15) is 4.79 Å². The quantitative estimate of drug-likeness (QED) is 0.722. The Morgan fingerprint density at radius 1 is 1.22 bits per heavy atom. The van der Waals surface area contributed by atoms with Crippen molar-refractivity contribution in [2.24, 2.45) is 0 Å². The standard InChI is InChI=1S/C21H23N5O/c1-5-10-25-12-17(14(3)23-25)16-11-19(27)22-21-20(16)15(4)24-26(21)18-9-7-6-8-13(18)2/h5-9,12,16H,1,10-11H2,2-4H3,(H,22,27). The fourth-order valence-electron chi connectivity index (χ4n) is 3.89. The van der Waals surface area contributed by atoms with Gasteiger partial charge in [0.2, 0.25) is 5.91 Å². The van der Waals surface area contributed by atoms with Gasteiger partial charge in [-0.3, -0.25) is 9.48 Å². The fraction of sp³-hybridized carbons (Fsp3) is 0.286. The van der Waals surface area contributed by atoms with Crippen LogP contribution in [0.1, 0.15) is 40.4 Å². The summed E-state index contributed by atoms with van der Waals surface area (Å²) in [6.45, 7) is 10.5. The van der Waals surface area contributed by atoms with E-state index in [1.807, 2.05) is 66.7 Å². The summed E-state index contributed by atoms with van der Waals surface area (Å²) < 4.78 is 3.72. The number of nitrogens with zero attached hydrogens (tertiary/aromatic N) is 4. The van der Waals surface area contributed by atoms with E-state index in [2.05, 4.69) is 17.0 Å². The van der Waals surface area contributed by atoms with Gasteiger partial charge in [0.1, 0.15) is 5.82 Å². The van der Waals surface area contributed by atoms with Crippen LogP contribution in [0.3, 0.4) is 0 Å². The van der Waals surface area contributed by atoms with E-state index in [1.54, 1.807) is 0 Å². The zero-order valence-electron chi connectivity index (χ0n) is 15.9. The minimum absolute atomic E-state index is 0.00175. The zero-order valence-corrected chi connectivity index (χ0v) is 15.9. The summed E-state index contributed by atoms with van der Waals surface area (Å²) >= 11 is 0. The molecule has 0 saturated heterocycles. The summed E-state index contributed by atoms with van der Waals surface area (Å²) in [6, 6.07) is 8.05. The number of hydrogen-bond donors (Lipinski definition) is 1. The van der Waals surface area contributed by atoms with Crippen molar-refractivity contribution in [2.45, 2.75) is 39.7 Å². The van der Waals surface area contributed by atoms with Crippen LogP contribution in [0.2, 0.25) is 0 Å². The maximum absolute atomic E-state index is 12.5. The molecule has 27 heavy (non-hydrogen) atoms. The SMILES string of the molecule is C=CCn1cc(C2CC(=O)Nc3c2c(C)nn3-c2ccccc2C)c(C)n1. The lowest BCUT2D eigenvalue weighted by Crippen LogP contribution is -2.25. The lowest BCUT2D eigenvalue weighted by Gasteiger charge is -2.24. The molecule has 3 aromatic rings. The normalized spacial score (nSPS) is 16.1. The highest BCUT2D eigenvalue weighted by atomic mass is 16.1. The van der Waals surface area contributed by atoms with Crippen molar-refractivity contribution >= 4 is 11.7 Å². The summed E-state index contributed by atoms with van der Waals surface area (Å²) in [5, 5.41) is 12.4. The number of aryl methyl sites for hydroxylation is 3. The number of hydrogen-bond acceptors (Lipinski definition) is 3. The highest BCUT2D eigenvalue weighted by molar-refractivity contribution is 5.95. The number of aromatic nitrogens is 4. The largest absolute Gasteiger partial charge is 0.310 e. The van der Waals surface area contributed by atoms with E-state index in [0.717, 1.165) is 39.6 Å². The Morgan fingerprint density at radius 3 is 2.74 bits per heavy atom. The number of carbonyl (C=O) groups is 1. The topological polar surface area (TPSA) is 64.7 Å². The highest BCUT2D eigenvalue weighted by Crippen LogP contribution is 2.41. The van der Waals surface area contributed by atoms with Gasteiger partial charge in [-0.25, -0.2) is 4.68 Å². The van der Waals surface area contributed by atoms with E-state index >= 15 is 0 Å². The molecular weight excluding hydrogens is 338 g/mol. The van der Waals surface area contributed by atoms with Crippen molar-refractivity contribution in [3.05, 3.63) is 71.2 Å². The van der Waals surface area contributed by atoms with Gasteiger partial charge in [0.15, 0.2) is 0 Å². The number of nitrogens with one attached hydrogen (secondary N) is 1. The van der Waals surface area contributed by atoms with Crippen molar-refractivity contribution in [3.8, 4) is 5.69 Å². The number of rotatable bonds is 4. The summed E-state index contributed by atoms with van der Waals surface area (Å²) in [7, 11) is 0. The molecule has 1 N–H and O–H groups in total. The van der Waals surface area contributed by atoms with Gasteiger partial charge in [-0.1, -0.05) is 24.3 Å². The van der Waals surface area contributed by atoms with Gasteiger partial charge in [-0.15, -0.1) is 6.58 Å². The first-order chi connectivity index (χ1) is 13.0. The van der Waals surface area contributed by atoms with Crippen LogP contribution >= 0.6 is 0 Å². The van der Waals surface area contributed by atoms with Crippen molar-refractivity contribution < 1.29 is 4.79 Å². The second-order valence-electron chi connectivity index (χ2n) is 7.03. The molecule has 2 aromatic heterocycles. The first-order valence-corrected chi connectivity index (χ1v) is 9.09. The molecular formula is C21H23N5O. The molecule has 1 atom stereocenters. The maximum Gasteiger partial charge on any atom is 0.226 e. The molecule has 1 amide bonds. The highest BCUT2D eigenvalue weighted by Gasteiger charge is 2.34. The van der Waals surface area contributed by atoms with Gasteiger partial charge in [-0.05, 0) is 32.4 Å². The molecule has 1 aliphatic rings. The third kappa shape index (κ3) is 2.87. The molecule has 1 aliphatic heterocycles. The van der Waals surface area contributed by atoms with E-state index in [0.29, 0.717) is 13.0 Å². The zero-order chi connectivity index (χ0) is 19.1. The summed E-state index contributed by atoms with van der Waals surface area (Å²) in [5.74, 6) is 0.710. The molecule has 0 spiro atoms. The Balaban J connectivity index is 1.87. The van der Waals surface area contributed by atoms with Gasteiger partial charge in [-0.2, -0.15) is 10.2 Å². The van der Waals surface area contributed by atoms with Crippen molar-refractivity contribution in [2.75, 3.05) is 5.32 Å².